The predicted octanol–water partition coefficient (Wildman–Crippen LogP) is 1.94. The molecule has 0 heterocycles. The molecule has 0 aliphatic rings. The molecule has 2 aromatic carbocycles. The van der Waals surface area contributed by atoms with Crippen LogP contribution in [0.15, 0.2) is 41.3 Å². The molecule has 8 nitrogen and oxygen atoms in total. The van der Waals surface area contributed by atoms with E-state index < -0.39 is 15.9 Å². The lowest BCUT2D eigenvalue weighted by atomic mass is 10.1. The van der Waals surface area contributed by atoms with Crippen LogP contribution in [-0.2, 0) is 16.6 Å². The third-order valence-corrected chi connectivity index (χ3v) is 5.52. The minimum Gasteiger partial charge on any atom is -0.495 e. The topological polar surface area (TPSA) is 103 Å². The molecule has 9 heteroatoms. The second-order valence-electron chi connectivity index (χ2n) is 5.74. The molecule has 0 aliphatic carbocycles. The van der Waals surface area contributed by atoms with E-state index in [-0.39, 0.29) is 29.3 Å². The van der Waals surface area contributed by atoms with Crippen molar-refractivity contribution < 1.29 is 27.4 Å². The first-order valence-corrected chi connectivity index (χ1v) is 10.0. The summed E-state index contributed by atoms with van der Waals surface area (Å²) in [6.45, 7) is 2.13. The van der Waals surface area contributed by atoms with Crippen molar-refractivity contribution in [3.63, 3.8) is 0 Å². The second kappa shape index (κ2) is 9.43. The molecule has 0 atom stereocenters. The van der Waals surface area contributed by atoms with Crippen molar-refractivity contribution in [2.75, 3.05) is 27.9 Å². The highest BCUT2D eigenvalue weighted by atomic mass is 32.2. The third kappa shape index (κ3) is 4.93. The number of carbonyl (C=O) groups is 1. The molecule has 2 aromatic rings. The van der Waals surface area contributed by atoms with Crippen LogP contribution in [-0.4, -0.2) is 42.2 Å². The molecular weight excluding hydrogens is 384 g/mol. The highest BCUT2D eigenvalue weighted by molar-refractivity contribution is 7.89. The van der Waals surface area contributed by atoms with Gasteiger partial charge in [-0.15, -0.1) is 0 Å². The number of ether oxygens (including phenoxy) is 3. The van der Waals surface area contributed by atoms with E-state index in [9.17, 15) is 13.2 Å². The van der Waals surface area contributed by atoms with Gasteiger partial charge in [0.15, 0.2) is 11.5 Å². The van der Waals surface area contributed by atoms with Gasteiger partial charge in [0, 0.05) is 18.7 Å². The lowest BCUT2D eigenvalue weighted by Gasteiger charge is -2.13. The van der Waals surface area contributed by atoms with Crippen molar-refractivity contribution in [1.29, 1.82) is 0 Å². The van der Waals surface area contributed by atoms with E-state index in [1.165, 1.54) is 32.4 Å². The number of benzene rings is 2. The van der Waals surface area contributed by atoms with E-state index >= 15 is 0 Å². The molecule has 0 unspecified atom stereocenters. The van der Waals surface area contributed by atoms with Crippen LogP contribution in [0.3, 0.4) is 0 Å². The van der Waals surface area contributed by atoms with Crippen LogP contribution < -0.4 is 24.2 Å². The number of methoxy groups -OCH3 is 3. The molecule has 2 rings (SSSR count). The largest absolute Gasteiger partial charge is 0.495 e. The van der Waals surface area contributed by atoms with Crippen LogP contribution in [0, 0.1) is 0 Å². The summed E-state index contributed by atoms with van der Waals surface area (Å²) in [7, 11) is 0.669. The van der Waals surface area contributed by atoms with Gasteiger partial charge in [0.2, 0.25) is 10.0 Å². The summed E-state index contributed by atoms with van der Waals surface area (Å²) in [6, 6.07) is 9.56. The first-order chi connectivity index (χ1) is 13.4. The van der Waals surface area contributed by atoms with E-state index in [2.05, 4.69) is 10.0 Å². The van der Waals surface area contributed by atoms with E-state index in [0.717, 1.165) is 5.56 Å². The van der Waals surface area contributed by atoms with Crippen LogP contribution in [0.1, 0.15) is 22.8 Å². The first kappa shape index (κ1) is 21.5. The average molecular weight is 408 g/mol. The third-order valence-electron chi connectivity index (χ3n) is 3.95. The van der Waals surface area contributed by atoms with Crippen LogP contribution >= 0.6 is 0 Å². The molecule has 0 aliphatic heterocycles. The Bertz CT molecular complexity index is 943. The Morgan fingerprint density at radius 1 is 0.929 bits per heavy atom. The standard InChI is InChI=1S/C19H24N2O6S/c1-5-21-28(23,24)18-11-14(7-9-16(18)26-3)19(22)20-12-13-6-8-15(25-2)17(10-13)27-4/h6-11,21H,5,12H2,1-4H3,(H,20,22). The zero-order valence-corrected chi connectivity index (χ0v) is 17.1. The quantitative estimate of drug-likeness (QED) is 0.657. The minimum atomic E-state index is -3.78. The van der Waals surface area contributed by atoms with Crippen LogP contribution in [0.2, 0.25) is 0 Å². The highest BCUT2D eigenvalue weighted by Crippen LogP contribution is 2.28. The number of hydrogen-bond acceptors (Lipinski definition) is 6. The maximum absolute atomic E-state index is 12.5. The van der Waals surface area contributed by atoms with Crippen molar-refractivity contribution in [3.8, 4) is 17.2 Å². The van der Waals surface area contributed by atoms with Gasteiger partial charge in [-0.05, 0) is 35.9 Å². The molecule has 0 saturated carbocycles. The van der Waals surface area contributed by atoms with Crippen LogP contribution in [0.5, 0.6) is 17.2 Å². The molecular formula is C19H24N2O6S. The van der Waals surface area contributed by atoms with E-state index in [4.69, 9.17) is 14.2 Å². The van der Waals surface area contributed by atoms with Crippen molar-refractivity contribution in [1.82, 2.24) is 10.0 Å². The molecule has 0 spiro atoms. The van der Waals surface area contributed by atoms with Crippen molar-refractivity contribution in [3.05, 3.63) is 47.5 Å². The fraction of sp³-hybridized carbons (Fsp3) is 0.316. The number of nitrogens with one attached hydrogen (secondary N) is 2. The van der Waals surface area contributed by atoms with E-state index in [1.54, 1.807) is 32.2 Å². The number of hydrogen-bond donors (Lipinski definition) is 2. The molecule has 0 radical (unpaired) electrons. The normalized spacial score (nSPS) is 11.0. The highest BCUT2D eigenvalue weighted by Gasteiger charge is 2.21. The van der Waals surface area contributed by atoms with Gasteiger partial charge < -0.3 is 19.5 Å². The smallest absolute Gasteiger partial charge is 0.251 e. The van der Waals surface area contributed by atoms with Gasteiger partial charge >= 0.3 is 0 Å². The maximum Gasteiger partial charge on any atom is 0.251 e. The molecule has 0 bridgehead atoms. The summed E-state index contributed by atoms with van der Waals surface area (Å²) >= 11 is 0. The van der Waals surface area contributed by atoms with Gasteiger partial charge in [-0.2, -0.15) is 0 Å². The number of carbonyl (C=O) groups excluding carboxylic acids is 1. The summed E-state index contributed by atoms with van der Waals surface area (Å²) in [4.78, 5) is 12.4. The summed E-state index contributed by atoms with van der Waals surface area (Å²) in [5.74, 6) is 0.895. The Kier molecular flexibility index (Phi) is 7.24. The van der Waals surface area contributed by atoms with Gasteiger partial charge in [0.25, 0.3) is 5.91 Å². The lowest BCUT2D eigenvalue weighted by Crippen LogP contribution is -2.26. The average Bonchev–Trinajstić information content (AvgIpc) is 2.71. The van der Waals surface area contributed by atoms with E-state index in [0.29, 0.717) is 11.5 Å². The number of sulfonamides is 1. The molecule has 2 N–H and O–H groups in total. The molecule has 1 amide bonds. The van der Waals surface area contributed by atoms with Crippen LogP contribution in [0.4, 0.5) is 0 Å². The fourth-order valence-corrected chi connectivity index (χ4v) is 3.80. The van der Waals surface area contributed by atoms with Gasteiger partial charge in [0.1, 0.15) is 10.6 Å². The monoisotopic (exact) mass is 408 g/mol. The number of rotatable bonds is 9. The van der Waals surface area contributed by atoms with Crippen molar-refractivity contribution in [2.24, 2.45) is 0 Å². The van der Waals surface area contributed by atoms with Gasteiger partial charge in [-0.1, -0.05) is 13.0 Å². The molecule has 0 saturated heterocycles. The van der Waals surface area contributed by atoms with Crippen molar-refractivity contribution >= 4 is 15.9 Å². The Morgan fingerprint density at radius 2 is 1.57 bits per heavy atom. The van der Waals surface area contributed by atoms with Gasteiger partial charge in [-0.25, -0.2) is 13.1 Å². The summed E-state index contributed by atoms with van der Waals surface area (Å²) < 4.78 is 42.6. The molecule has 0 aromatic heterocycles. The summed E-state index contributed by atoms with van der Waals surface area (Å²) in [5, 5.41) is 2.76. The Balaban J connectivity index is 2.21. The summed E-state index contributed by atoms with van der Waals surface area (Å²) in [6.07, 6.45) is 0. The zero-order valence-electron chi connectivity index (χ0n) is 16.2. The van der Waals surface area contributed by atoms with E-state index in [1.807, 2.05) is 0 Å². The molecule has 0 fully saturated rings. The minimum absolute atomic E-state index is 0.0874. The Labute approximate surface area is 164 Å². The fourth-order valence-electron chi connectivity index (χ4n) is 2.57. The maximum atomic E-state index is 12.5. The van der Waals surface area contributed by atoms with Gasteiger partial charge in [0.05, 0.1) is 21.3 Å². The molecule has 28 heavy (non-hydrogen) atoms. The van der Waals surface area contributed by atoms with Crippen LogP contribution in [0.25, 0.3) is 0 Å². The SMILES string of the molecule is CCNS(=O)(=O)c1cc(C(=O)NCc2ccc(OC)c(OC)c2)ccc1OC. The predicted molar refractivity (Wildman–Crippen MR) is 105 cm³/mol. The molecule has 152 valence electrons. The summed E-state index contributed by atoms with van der Waals surface area (Å²) in [5.41, 5.74) is 1.01. The van der Waals surface area contributed by atoms with Gasteiger partial charge in [-0.3, -0.25) is 4.79 Å². The first-order valence-electron chi connectivity index (χ1n) is 8.53. The number of amides is 1. The Morgan fingerprint density at radius 3 is 2.18 bits per heavy atom. The zero-order chi connectivity index (χ0) is 20.7. The Hall–Kier alpha value is -2.78. The second-order valence-corrected chi connectivity index (χ2v) is 7.47. The van der Waals surface area contributed by atoms with Crippen molar-refractivity contribution in [2.45, 2.75) is 18.4 Å². The lowest BCUT2D eigenvalue weighted by molar-refractivity contribution is 0.0950.